The lowest BCUT2D eigenvalue weighted by Crippen LogP contribution is -2.21. The first kappa shape index (κ1) is 14.2. The predicted molar refractivity (Wildman–Crippen MR) is 73.3 cm³/mol. The number of rotatable bonds is 9. The molecule has 0 atom stereocenters. The summed E-state index contributed by atoms with van der Waals surface area (Å²) in [5.41, 5.74) is 1.35. The van der Waals surface area contributed by atoms with Crippen molar-refractivity contribution < 1.29 is 4.74 Å². The average Bonchev–Trinajstić information content (AvgIpc) is 2.33. The maximum atomic E-state index is 5.60. The van der Waals surface area contributed by atoms with Crippen LogP contribution in [0.25, 0.3) is 0 Å². The summed E-state index contributed by atoms with van der Waals surface area (Å²) in [5, 5.41) is 3.41. The zero-order valence-electron chi connectivity index (χ0n) is 11.1. The molecule has 96 valence electrons. The molecule has 0 spiro atoms. The molecule has 0 heterocycles. The van der Waals surface area contributed by atoms with Crippen molar-refractivity contribution in [1.82, 2.24) is 5.32 Å². The summed E-state index contributed by atoms with van der Waals surface area (Å²) in [6.45, 7) is 8.30. The summed E-state index contributed by atoms with van der Waals surface area (Å²) in [6, 6.07) is 10.5. The van der Waals surface area contributed by atoms with Crippen LogP contribution < -0.4 is 5.32 Å². The Kier molecular flexibility index (Phi) is 7.69. The smallest absolute Gasteiger partial charge is 0.0506 e. The zero-order chi connectivity index (χ0) is 12.3. The number of hydrogen-bond donors (Lipinski definition) is 1. The topological polar surface area (TPSA) is 21.3 Å². The van der Waals surface area contributed by atoms with Gasteiger partial charge in [-0.3, -0.25) is 0 Å². The lowest BCUT2D eigenvalue weighted by atomic mass is 10.2. The van der Waals surface area contributed by atoms with Gasteiger partial charge >= 0.3 is 0 Å². The maximum absolute atomic E-state index is 5.60. The Morgan fingerprint density at radius 2 is 1.88 bits per heavy atom. The van der Waals surface area contributed by atoms with Crippen LogP contribution in [0.5, 0.6) is 0 Å². The Labute approximate surface area is 105 Å². The molecule has 0 aliphatic carbocycles. The van der Waals surface area contributed by atoms with E-state index in [9.17, 15) is 0 Å². The molecule has 0 bridgehead atoms. The second kappa shape index (κ2) is 9.20. The van der Waals surface area contributed by atoms with Crippen LogP contribution in [0, 0.1) is 5.92 Å². The Balaban J connectivity index is 1.88. The van der Waals surface area contributed by atoms with E-state index in [0.29, 0.717) is 0 Å². The van der Waals surface area contributed by atoms with E-state index in [-0.39, 0.29) is 0 Å². The zero-order valence-corrected chi connectivity index (χ0v) is 11.1. The van der Waals surface area contributed by atoms with Gasteiger partial charge < -0.3 is 10.1 Å². The van der Waals surface area contributed by atoms with Crippen molar-refractivity contribution in [3.8, 4) is 0 Å². The van der Waals surface area contributed by atoms with Gasteiger partial charge in [-0.05, 0) is 37.4 Å². The van der Waals surface area contributed by atoms with Crippen molar-refractivity contribution in [2.45, 2.75) is 26.7 Å². The van der Waals surface area contributed by atoms with E-state index in [1.807, 2.05) is 6.07 Å². The molecule has 0 amide bonds. The first-order chi connectivity index (χ1) is 8.29. The molecule has 0 fully saturated rings. The van der Waals surface area contributed by atoms with Crippen molar-refractivity contribution in [3.63, 3.8) is 0 Å². The molecule has 0 aromatic heterocycles. The molecule has 0 aliphatic rings. The lowest BCUT2D eigenvalue weighted by molar-refractivity contribution is 0.134. The molecule has 1 aromatic rings. The van der Waals surface area contributed by atoms with Crippen LogP contribution in [0.15, 0.2) is 30.3 Å². The van der Waals surface area contributed by atoms with Crippen LogP contribution >= 0.6 is 0 Å². The van der Waals surface area contributed by atoms with E-state index in [4.69, 9.17) is 4.74 Å². The number of benzene rings is 1. The Bertz CT molecular complexity index is 272. The van der Waals surface area contributed by atoms with Gasteiger partial charge in [0.2, 0.25) is 0 Å². The van der Waals surface area contributed by atoms with Crippen molar-refractivity contribution in [2.24, 2.45) is 5.92 Å². The number of hydrogen-bond acceptors (Lipinski definition) is 2. The summed E-state index contributed by atoms with van der Waals surface area (Å²) in [6.07, 6.45) is 2.11. The largest absolute Gasteiger partial charge is 0.381 e. The average molecular weight is 235 g/mol. The molecule has 1 N–H and O–H groups in total. The van der Waals surface area contributed by atoms with Gasteiger partial charge in [0.15, 0.2) is 0 Å². The minimum atomic E-state index is 0.731. The first-order valence-electron chi connectivity index (χ1n) is 6.61. The van der Waals surface area contributed by atoms with Crippen molar-refractivity contribution in [3.05, 3.63) is 35.9 Å². The summed E-state index contributed by atoms with van der Waals surface area (Å²) < 4.78 is 5.60. The van der Waals surface area contributed by atoms with E-state index in [1.165, 1.54) is 5.56 Å². The van der Waals surface area contributed by atoms with Gasteiger partial charge in [0.05, 0.1) is 6.61 Å². The Morgan fingerprint density at radius 1 is 1.12 bits per heavy atom. The van der Waals surface area contributed by atoms with Gasteiger partial charge in [-0.2, -0.15) is 0 Å². The van der Waals surface area contributed by atoms with E-state index >= 15 is 0 Å². The molecule has 1 aromatic carbocycles. The molecule has 1 rings (SSSR count). The van der Waals surface area contributed by atoms with E-state index in [2.05, 4.69) is 43.4 Å². The molecule has 2 heteroatoms. The van der Waals surface area contributed by atoms with Crippen molar-refractivity contribution in [2.75, 3.05) is 26.3 Å². The van der Waals surface area contributed by atoms with Crippen molar-refractivity contribution >= 4 is 0 Å². The lowest BCUT2D eigenvalue weighted by Gasteiger charge is -2.07. The standard InChI is InChI=1S/C15H25NO/c1-14(2)13-16-10-6-11-17-12-9-15-7-4-3-5-8-15/h3-5,7-8,14,16H,6,9-13H2,1-2H3. The van der Waals surface area contributed by atoms with Gasteiger partial charge in [0.1, 0.15) is 0 Å². The van der Waals surface area contributed by atoms with Crippen LogP contribution in [0.3, 0.4) is 0 Å². The molecule has 0 radical (unpaired) electrons. The summed E-state index contributed by atoms with van der Waals surface area (Å²) >= 11 is 0. The summed E-state index contributed by atoms with van der Waals surface area (Å²) in [4.78, 5) is 0. The third-order valence-corrected chi connectivity index (χ3v) is 2.57. The first-order valence-corrected chi connectivity index (χ1v) is 6.61. The van der Waals surface area contributed by atoms with Crippen LogP contribution in [0.2, 0.25) is 0 Å². The molecule has 0 aliphatic heterocycles. The molecular formula is C15H25NO. The molecule has 2 nitrogen and oxygen atoms in total. The van der Waals surface area contributed by atoms with Gasteiger partial charge in [-0.15, -0.1) is 0 Å². The highest BCUT2D eigenvalue weighted by Gasteiger charge is 1.94. The fourth-order valence-corrected chi connectivity index (χ4v) is 1.63. The third kappa shape index (κ3) is 7.94. The number of ether oxygens (including phenoxy) is 1. The second-order valence-corrected chi connectivity index (χ2v) is 4.80. The number of nitrogens with one attached hydrogen (secondary N) is 1. The Morgan fingerprint density at radius 3 is 2.59 bits per heavy atom. The fraction of sp³-hybridized carbons (Fsp3) is 0.600. The summed E-state index contributed by atoms with van der Waals surface area (Å²) in [5.74, 6) is 0.731. The molecule has 17 heavy (non-hydrogen) atoms. The molecule has 0 unspecified atom stereocenters. The fourth-order valence-electron chi connectivity index (χ4n) is 1.63. The van der Waals surface area contributed by atoms with Gasteiger partial charge in [-0.25, -0.2) is 0 Å². The van der Waals surface area contributed by atoms with Crippen LogP contribution in [-0.4, -0.2) is 26.3 Å². The minimum Gasteiger partial charge on any atom is -0.381 e. The Hall–Kier alpha value is -0.860. The normalized spacial score (nSPS) is 11.0. The van der Waals surface area contributed by atoms with E-state index in [0.717, 1.165) is 45.1 Å². The quantitative estimate of drug-likeness (QED) is 0.665. The monoisotopic (exact) mass is 235 g/mol. The van der Waals surface area contributed by atoms with Crippen LogP contribution in [0.1, 0.15) is 25.8 Å². The molecule has 0 saturated heterocycles. The van der Waals surface area contributed by atoms with Crippen LogP contribution in [-0.2, 0) is 11.2 Å². The van der Waals surface area contributed by atoms with Crippen molar-refractivity contribution in [1.29, 1.82) is 0 Å². The SMILES string of the molecule is CC(C)CNCCCOCCc1ccccc1. The predicted octanol–water partition coefficient (Wildman–Crippen LogP) is 2.88. The maximum Gasteiger partial charge on any atom is 0.0506 e. The minimum absolute atomic E-state index is 0.731. The molecule has 0 saturated carbocycles. The molecular weight excluding hydrogens is 210 g/mol. The summed E-state index contributed by atoms with van der Waals surface area (Å²) in [7, 11) is 0. The van der Waals surface area contributed by atoms with E-state index < -0.39 is 0 Å². The second-order valence-electron chi connectivity index (χ2n) is 4.80. The van der Waals surface area contributed by atoms with E-state index in [1.54, 1.807) is 0 Å². The van der Waals surface area contributed by atoms with Crippen LogP contribution in [0.4, 0.5) is 0 Å². The van der Waals surface area contributed by atoms with Gasteiger partial charge in [0, 0.05) is 6.61 Å². The third-order valence-electron chi connectivity index (χ3n) is 2.57. The highest BCUT2D eigenvalue weighted by molar-refractivity contribution is 5.14. The van der Waals surface area contributed by atoms with Gasteiger partial charge in [-0.1, -0.05) is 44.2 Å². The van der Waals surface area contributed by atoms with Gasteiger partial charge in [0.25, 0.3) is 0 Å². The highest BCUT2D eigenvalue weighted by atomic mass is 16.5. The highest BCUT2D eigenvalue weighted by Crippen LogP contribution is 1.99.